The van der Waals surface area contributed by atoms with Crippen LogP contribution < -0.4 is 5.11 Å². The minimum absolute atomic E-state index is 0.189. The molecule has 8 heteroatoms. The summed E-state index contributed by atoms with van der Waals surface area (Å²) in [5.74, 6) is -1.82. The summed E-state index contributed by atoms with van der Waals surface area (Å²) in [6, 6.07) is 7.37. The molecule has 1 amide bonds. The number of benzene rings is 1. The number of aromatic nitrogens is 2. The molecule has 2 aromatic rings. The van der Waals surface area contributed by atoms with E-state index in [4.69, 9.17) is 12.2 Å². The van der Waals surface area contributed by atoms with E-state index in [0.29, 0.717) is 16.1 Å². The van der Waals surface area contributed by atoms with Crippen molar-refractivity contribution >= 4 is 57.3 Å². The van der Waals surface area contributed by atoms with Crippen LogP contribution in [0.1, 0.15) is 5.69 Å². The zero-order valence-corrected chi connectivity index (χ0v) is 12.7. The molecule has 3 rings (SSSR count). The van der Waals surface area contributed by atoms with Crippen LogP contribution >= 0.6 is 24.0 Å². The maximum Gasteiger partial charge on any atom is 0.266 e. The SMILES string of the molecule is O=C([O-])CN1C(=O)/C(=C\c2cnc3ccccc3n2)SC1=S. The summed E-state index contributed by atoms with van der Waals surface area (Å²) >= 11 is 6.04. The Hall–Kier alpha value is -2.32. The number of fused-ring (bicyclic) bond motifs is 1. The number of thiocarbonyl (C=S) groups is 1. The Balaban J connectivity index is 1.92. The molecule has 0 N–H and O–H groups in total. The predicted octanol–water partition coefficient (Wildman–Crippen LogP) is 0.581. The van der Waals surface area contributed by atoms with E-state index in [1.54, 1.807) is 12.3 Å². The van der Waals surface area contributed by atoms with Gasteiger partial charge in [-0.25, -0.2) is 4.98 Å². The van der Waals surface area contributed by atoms with Crippen molar-refractivity contribution in [3.8, 4) is 0 Å². The van der Waals surface area contributed by atoms with Crippen LogP contribution in [0, 0.1) is 0 Å². The highest BCUT2D eigenvalue weighted by Crippen LogP contribution is 2.32. The Morgan fingerprint density at radius 2 is 2.09 bits per heavy atom. The van der Waals surface area contributed by atoms with Crippen molar-refractivity contribution in [2.24, 2.45) is 0 Å². The van der Waals surface area contributed by atoms with E-state index in [2.05, 4.69) is 9.97 Å². The minimum atomic E-state index is -1.36. The molecule has 1 saturated heterocycles. The summed E-state index contributed by atoms with van der Waals surface area (Å²) in [6.45, 7) is -0.550. The predicted molar refractivity (Wildman–Crippen MR) is 84.4 cm³/mol. The number of carbonyl (C=O) groups is 2. The lowest BCUT2D eigenvalue weighted by Crippen LogP contribution is -2.40. The average molecular weight is 330 g/mol. The molecule has 1 aromatic heterocycles. The van der Waals surface area contributed by atoms with Gasteiger partial charge in [0, 0.05) is 0 Å². The number of para-hydroxylation sites is 2. The smallest absolute Gasteiger partial charge is 0.266 e. The van der Waals surface area contributed by atoms with Crippen LogP contribution in [0.2, 0.25) is 0 Å². The highest BCUT2D eigenvalue weighted by molar-refractivity contribution is 8.26. The number of hydrogen-bond donors (Lipinski definition) is 0. The fraction of sp³-hybridized carbons (Fsp3) is 0.0714. The molecule has 6 nitrogen and oxygen atoms in total. The van der Waals surface area contributed by atoms with E-state index in [0.717, 1.165) is 22.2 Å². The van der Waals surface area contributed by atoms with Gasteiger partial charge >= 0.3 is 0 Å². The molecule has 1 fully saturated rings. The van der Waals surface area contributed by atoms with Crippen LogP contribution in [0.4, 0.5) is 0 Å². The van der Waals surface area contributed by atoms with Crippen molar-refractivity contribution < 1.29 is 14.7 Å². The molecule has 1 aliphatic heterocycles. The molecule has 22 heavy (non-hydrogen) atoms. The third kappa shape index (κ3) is 2.83. The summed E-state index contributed by atoms with van der Waals surface area (Å²) in [5, 5.41) is 10.6. The van der Waals surface area contributed by atoms with Crippen LogP contribution in [-0.4, -0.2) is 37.6 Å². The number of rotatable bonds is 3. The van der Waals surface area contributed by atoms with Gasteiger partial charge < -0.3 is 9.90 Å². The molecule has 0 spiro atoms. The molecule has 0 saturated carbocycles. The third-order valence-electron chi connectivity index (χ3n) is 2.91. The van der Waals surface area contributed by atoms with Crippen LogP contribution in [0.15, 0.2) is 35.4 Å². The Morgan fingerprint density at radius 3 is 2.82 bits per heavy atom. The first-order valence-corrected chi connectivity index (χ1v) is 7.44. The number of hydrogen-bond acceptors (Lipinski definition) is 7. The Labute approximate surface area is 134 Å². The largest absolute Gasteiger partial charge is 0.548 e. The number of carbonyl (C=O) groups excluding carboxylic acids is 2. The second kappa shape index (κ2) is 5.82. The van der Waals surface area contributed by atoms with Gasteiger partial charge in [0.05, 0.1) is 40.3 Å². The summed E-state index contributed by atoms with van der Waals surface area (Å²) in [7, 11) is 0. The fourth-order valence-electron chi connectivity index (χ4n) is 1.94. The molecule has 0 atom stereocenters. The molecule has 0 radical (unpaired) electrons. The zero-order chi connectivity index (χ0) is 15.7. The summed E-state index contributed by atoms with van der Waals surface area (Å²) < 4.78 is 0.189. The van der Waals surface area contributed by atoms with E-state index in [-0.39, 0.29) is 4.32 Å². The van der Waals surface area contributed by atoms with Crippen molar-refractivity contribution in [3.05, 3.63) is 41.1 Å². The second-order valence-corrected chi connectivity index (χ2v) is 6.10. The molecule has 0 unspecified atom stereocenters. The van der Waals surface area contributed by atoms with Crippen molar-refractivity contribution in [1.82, 2.24) is 14.9 Å². The molecular weight excluding hydrogens is 322 g/mol. The summed E-state index contributed by atoms with van der Waals surface area (Å²) in [6.07, 6.45) is 3.10. The van der Waals surface area contributed by atoms with E-state index in [9.17, 15) is 14.7 Å². The molecule has 0 bridgehead atoms. The van der Waals surface area contributed by atoms with Gasteiger partial charge in [-0.2, -0.15) is 0 Å². The van der Waals surface area contributed by atoms with Crippen LogP contribution in [0.25, 0.3) is 17.1 Å². The maximum atomic E-state index is 12.1. The van der Waals surface area contributed by atoms with E-state index >= 15 is 0 Å². The van der Waals surface area contributed by atoms with Crippen molar-refractivity contribution in [3.63, 3.8) is 0 Å². The Morgan fingerprint density at radius 1 is 1.36 bits per heavy atom. The number of carboxylic acid groups (broad SMARTS) is 1. The van der Waals surface area contributed by atoms with Gasteiger partial charge in [0.2, 0.25) is 0 Å². The highest BCUT2D eigenvalue weighted by Gasteiger charge is 2.32. The second-order valence-electron chi connectivity index (χ2n) is 4.42. The zero-order valence-electron chi connectivity index (χ0n) is 11.1. The maximum absolute atomic E-state index is 12.1. The standard InChI is InChI=1S/C14H9N3O3S2/c18-12(19)7-17-13(20)11(22-14(17)21)5-8-6-15-9-3-1-2-4-10(9)16-8/h1-6H,7H2,(H,18,19)/p-1/b11-5+. The highest BCUT2D eigenvalue weighted by atomic mass is 32.2. The van der Waals surface area contributed by atoms with Gasteiger partial charge in [0.1, 0.15) is 4.32 Å². The van der Waals surface area contributed by atoms with Gasteiger partial charge in [0.25, 0.3) is 5.91 Å². The van der Waals surface area contributed by atoms with Crippen molar-refractivity contribution in [1.29, 1.82) is 0 Å². The summed E-state index contributed by atoms with van der Waals surface area (Å²) in [4.78, 5) is 32.7. The number of aliphatic carboxylic acids is 1. The topological polar surface area (TPSA) is 86.2 Å². The van der Waals surface area contributed by atoms with Gasteiger partial charge in [-0.1, -0.05) is 36.1 Å². The van der Waals surface area contributed by atoms with Crippen LogP contribution in [0.5, 0.6) is 0 Å². The average Bonchev–Trinajstić information content (AvgIpc) is 2.74. The lowest BCUT2D eigenvalue weighted by molar-refractivity contribution is -0.305. The normalized spacial score (nSPS) is 16.7. The Bertz CT molecular complexity index is 835. The van der Waals surface area contributed by atoms with Crippen molar-refractivity contribution in [2.45, 2.75) is 0 Å². The van der Waals surface area contributed by atoms with Gasteiger partial charge in [-0.05, 0) is 18.2 Å². The summed E-state index contributed by atoms with van der Waals surface area (Å²) in [5.41, 5.74) is 1.97. The van der Waals surface area contributed by atoms with Gasteiger partial charge in [-0.3, -0.25) is 14.7 Å². The van der Waals surface area contributed by atoms with E-state index < -0.39 is 18.4 Å². The first kappa shape index (κ1) is 14.6. The van der Waals surface area contributed by atoms with Gasteiger partial charge in [0.15, 0.2) is 0 Å². The molecular formula is C14H8N3O3S2-. The lowest BCUT2D eigenvalue weighted by atomic mass is 10.3. The molecule has 110 valence electrons. The van der Waals surface area contributed by atoms with E-state index in [1.165, 1.54) is 0 Å². The van der Waals surface area contributed by atoms with Gasteiger partial charge in [-0.15, -0.1) is 0 Å². The number of carboxylic acids is 1. The number of thioether (sulfide) groups is 1. The quantitative estimate of drug-likeness (QED) is 0.601. The lowest BCUT2D eigenvalue weighted by Gasteiger charge is -2.14. The monoisotopic (exact) mass is 330 g/mol. The third-order valence-corrected chi connectivity index (χ3v) is 4.28. The van der Waals surface area contributed by atoms with Crippen LogP contribution in [0.3, 0.4) is 0 Å². The number of nitrogens with zero attached hydrogens (tertiary/aromatic N) is 3. The first-order chi connectivity index (χ1) is 10.5. The fourth-order valence-corrected chi connectivity index (χ4v) is 3.18. The number of amides is 1. The first-order valence-electron chi connectivity index (χ1n) is 6.21. The van der Waals surface area contributed by atoms with E-state index in [1.807, 2.05) is 24.3 Å². The van der Waals surface area contributed by atoms with Crippen molar-refractivity contribution in [2.75, 3.05) is 6.54 Å². The molecule has 2 heterocycles. The molecule has 0 aliphatic carbocycles. The molecule has 1 aromatic carbocycles. The minimum Gasteiger partial charge on any atom is -0.548 e. The molecule has 1 aliphatic rings. The van der Waals surface area contributed by atoms with Crippen LogP contribution in [-0.2, 0) is 9.59 Å². The Kier molecular flexibility index (Phi) is 3.86.